The molecule has 2 N–H and O–H groups in total. The summed E-state index contributed by atoms with van der Waals surface area (Å²) in [7, 11) is 0. The number of carbonyl (C=O) groups excluding carboxylic acids is 2. The minimum atomic E-state index is -0.676. The number of hydrogen-bond donors (Lipinski definition) is 1. The molecule has 0 atom stereocenters. The zero-order valence-electron chi connectivity index (χ0n) is 15.4. The van der Waals surface area contributed by atoms with Crippen LogP contribution in [-0.2, 0) is 16.0 Å². The second-order valence-electron chi connectivity index (χ2n) is 6.81. The molecule has 0 spiro atoms. The highest BCUT2D eigenvalue weighted by Crippen LogP contribution is 2.36. The molecule has 0 saturated heterocycles. The monoisotopic (exact) mass is 372 g/mol. The maximum atomic E-state index is 12.8. The Morgan fingerprint density at radius 2 is 1.79 bits per heavy atom. The molecule has 0 unspecified atom stereocenters. The fourth-order valence-corrected chi connectivity index (χ4v) is 3.67. The second-order valence-corrected chi connectivity index (χ2v) is 6.81. The van der Waals surface area contributed by atoms with Crippen LogP contribution in [0.1, 0.15) is 40.0 Å². The Labute approximate surface area is 162 Å². The average molecular weight is 372 g/mol. The fraction of sp³-hybridized carbons (Fsp3) is 0.174. The zero-order valence-corrected chi connectivity index (χ0v) is 15.4. The number of nitrogens with two attached hydrogens (primary N) is 1. The normalized spacial score (nSPS) is 14.6. The molecule has 4 rings (SSSR count). The van der Waals surface area contributed by atoms with Crippen molar-refractivity contribution in [3.05, 3.63) is 77.0 Å². The lowest BCUT2D eigenvalue weighted by molar-refractivity contribution is -0.121. The van der Waals surface area contributed by atoms with Crippen LogP contribution in [0.5, 0.6) is 0 Å². The molecule has 1 amide bonds. The highest BCUT2D eigenvalue weighted by atomic mass is 16.5. The number of amides is 1. The van der Waals surface area contributed by atoms with Crippen LogP contribution in [0.2, 0.25) is 0 Å². The third-order valence-corrected chi connectivity index (χ3v) is 4.86. The Bertz CT molecular complexity index is 1090. The zero-order chi connectivity index (χ0) is 19.5. The van der Waals surface area contributed by atoms with Gasteiger partial charge in [0.05, 0.1) is 16.8 Å². The maximum Gasteiger partial charge on any atom is 0.339 e. The van der Waals surface area contributed by atoms with E-state index in [4.69, 9.17) is 15.5 Å². The molecule has 5 heteroatoms. The fourth-order valence-electron chi connectivity index (χ4n) is 3.67. The number of benzene rings is 2. The van der Waals surface area contributed by atoms with Crippen molar-refractivity contribution in [3.8, 4) is 0 Å². The van der Waals surface area contributed by atoms with Gasteiger partial charge in [-0.05, 0) is 48.1 Å². The van der Waals surface area contributed by atoms with Gasteiger partial charge in [-0.25, -0.2) is 9.78 Å². The first-order valence-corrected chi connectivity index (χ1v) is 9.26. The van der Waals surface area contributed by atoms with Gasteiger partial charge in [0.1, 0.15) is 0 Å². The van der Waals surface area contributed by atoms with Crippen molar-refractivity contribution < 1.29 is 14.3 Å². The third kappa shape index (κ3) is 3.51. The van der Waals surface area contributed by atoms with Crippen molar-refractivity contribution in [3.63, 3.8) is 0 Å². The number of pyridine rings is 1. The van der Waals surface area contributed by atoms with Crippen LogP contribution in [0.3, 0.4) is 0 Å². The van der Waals surface area contributed by atoms with E-state index in [0.29, 0.717) is 5.56 Å². The van der Waals surface area contributed by atoms with Crippen LogP contribution in [0.15, 0.2) is 54.6 Å². The molecule has 1 aliphatic rings. The summed E-state index contributed by atoms with van der Waals surface area (Å²) in [6, 6.07) is 17.6. The number of fused-ring (bicyclic) bond motifs is 2. The van der Waals surface area contributed by atoms with Gasteiger partial charge in [-0.3, -0.25) is 4.79 Å². The van der Waals surface area contributed by atoms with Crippen molar-refractivity contribution in [2.24, 2.45) is 5.73 Å². The van der Waals surface area contributed by atoms with Gasteiger partial charge in [-0.1, -0.05) is 48.5 Å². The van der Waals surface area contributed by atoms with Crippen LogP contribution in [0.25, 0.3) is 22.6 Å². The van der Waals surface area contributed by atoms with Gasteiger partial charge in [0.15, 0.2) is 6.61 Å². The van der Waals surface area contributed by atoms with Gasteiger partial charge in [0.25, 0.3) is 5.91 Å². The molecule has 1 heterocycles. The van der Waals surface area contributed by atoms with Crippen molar-refractivity contribution in [2.75, 3.05) is 6.61 Å². The van der Waals surface area contributed by atoms with Crippen molar-refractivity contribution in [2.45, 2.75) is 19.3 Å². The minimum Gasteiger partial charge on any atom is -0.452 e. The van der Waals surface area contributed by atoms with E-state index in [-0.39, 0.29) is 0 Å². The molecular weight excluding hydrogens is 352 g/mol. The van der Waals surface area contributed by atoms with Gasteiger partial charge < -0.3 is 10.5 Å². The van der Waals surface area contributed by atoms with Gasteiger partial charge >= 0.3 is 5.97 Å². The van der Waals surface area contributed by atoms with Gasteiger partial charge in [-0.2, -0.15) is 0 Å². The van der Waals surface area contributed by atoms with Gasteiger partial charge in [-0.15, -0.1) is 0 Å². The van der Waals surface area contributed by atoms with E-state index in [9.17, 15) is 9.59 Å². The predicted octanol–water partition coefficient (Wildman–Crippen LogP) is 3.75. The van der Waals surface area contributed by atoms with Crippen LogP contribution in [0, 0.1) is 0 Å². The van der Waals surface area contributed by atoms with Crippen molar-refractivity contribution in [1.29, 1.82) is 0 Å². The molecule has 2 aromatic carbocycles. The highest BCUT2D eigenvalue weighted by Gasteiger charge is 2.26. The largest absolute Gasteiger partial charge is 0.452 e. The Morgan fingerprint density at radius 1 is 1.04 bits per heavy atom. The highest BCUT2D eigenvalue weighted by molar-refractivity contribution is 6.07. The van der Waals surface area contributed by atoms with Crippen LogP contribution >= 0.6 is 0 Å². The summed E-state index contributed by atoms with van der Waals surface area (Å²) in [5.41, 5.74) is 10.3. The summed E-state index contributed by atoms with van der Waals surface area (Å²) in [6.45, 7) is -0.434. The summed E-state index contributed by atoms with van der Waals surface area (Å²) in [6.07, 6.45) is 4.67. The van der Waals surface area contributed by atoms with Crippen LogP contribution in [0.4, 0.5) is 0 Å². The van der Waals surface area contributed by atoms with Crippen molar-refractivity contribution in [1.82, 2.24) is 4.98 Å². The van der Waals surface area contributed by atoms with E-state index >= 15 is 0 Å². The lowest BCUT2D eigenvalue weighted by Crippen LogP contribution is -2.22. The van der Waals surface area contributed by atoms with E-state index in [1.807, 2.05) is 54.6 Å². The standard InChI is InChI=1S/C23H20N2O3/c24-20(26)14-28-23(27)21-17-10-4-5-12-19(17)25-22-16(9-6-11-18(21)22)13-15-7-2-1-3-8-15/h1-5,7-8,10,12-13H,6,9,11,14H2,(H2,24,26)/b16-13-. The summed E-state index contributed by atoms with van der Waals surface area (Å²) >= 11 is 0. The number of para-hydroxylation sites is 1. The second kappa shape index (κ2) is 7.64. The predicted molar refractivity (Wildman–Crippen MR) is 108 cm³/mol. The number of rotatable bonds is 4. The maximum absolute atomic E-state index is 12.8. The van der Waals surface area contributed by atoms with E-state index in [1.54, 1.807) is 0 Å². The number of allylic oxidation sites excluding steroid dienone is 1. The SMILES string of the molecule is NC(=O)COC(=O)c1c2c(nc3ccccc13)/C(=C\c1ccccc1)CCC2. The molecule has 0 fully saturated rings. The smallest absolute Gasteiger partial charge is 0.339 e. The van der Waals surface area contributed by atoms with Crippen LogP contribution < -0.4 is 5.73 Å². The van der Waals surface area contributed by atoms with E-state index in [2.05, 4.69) is 6.08 Å². The molecule has 140 valence electrons. The Hall–Kier alpha value is -3.47. The number of primary amides is 1. The van der Waals surface area contributed by atoms with Crippen molar-refractivity contribution >= 4 is 34.4 Å². The third-order valence-electron chi connectivity index (χ3n) is 4.86. The summed E-state index contributed by atoms with van der Waals surface area (Å²) < 4.78 is 5.16. The number of esters is 1. The number of ether oxygens (including phenoxy) is 1. The topological polar surface area (TPSA) is 82.3 Å². The number of carbonyl (C=O) groups is 2. The molecule has 28 heavy (non-hydrogen) atoms. The van der Waals surface area contributed by atoms with Crippen LogP contribution in [-0.4, -0.2) is 23.5 Å². The summed E-state index contributed by atoms with van der Waals surface area (Å²) in [5.74, 6) is -1.21. The average Bonchev–Trinajstić information content (AvgIpc) is 2.71. The summed E-state index contributed by atoms with van der Waals surface area (Å²) in [4.78, 5) is 28.8. The Morgan fingerprint density at radius 3 is 2.57 bits per heavy atom. The Balaban J connectivity index is 1.88. The molecule has 0 saturated carbocycles. The van der Waals surface area contributed by atoms with E-state index in [0.717, 1.165) is 52.6 Å². The first-order chi connectivity index (χ1) is 13.6. The number of aromatic nitrogens is 1. The van der Waals surface area contributed by atoms with E-state index < -0.39 is 18.5 Å². The first kappa shape index (κ1) is 17.9. The van der Waals surface area contributed by atoms with E-state index in [1.165, 1.54) is 0 Å². The quantitative estimate of drug-likeness (QED) is 0.707. The molecule has 1 aliphatic carbocycles. The minimum absolute atomic E-state index is 0.434. The molecule has 0 bridgehead atoms. The molecular formula is C23H20N2O3. The van der Waals surface area contributed by atoms with Gasteiger partial charge in [0, 0.05) is 5.39 Å². The number of nitrogens with zero attached hydrogens (tertiary/aromatic N) is 1. The molecule has 5 nitrogen and oxygen atoms in total. The Kier molecular flexibility index (Phi) is 4.89. The lowest BCUT2D eigenvalue weighted by atomic mass is 9.86. The first-order valence-electron chi connectivity index (χ1n) is 9.26. The number of hydrogen-bond acceptors (Lipinski definition) is 4. The molecule has 3 aromatic rings. The summed E-state index contributed by atoms with van der Waals surface area (Å²) in [5, 5.41) is 0.733. The van der Waals surface area contributed by atoms with Gasteiger partial charge in [0.2, 0.25) is 0 Å². The molecule has 0 radical (unpaired) electrons. The lowest BCUT2D eigenvalue weighted by Gasteiger charge is -2.22. The molecule has 1 aromatic heterocycles. The molecule has 0 aliphatic heterocycles.